The average Bonchev–Trinajstić information content (AvgIpc) is 2.64. The Balaban J connectivity index is 1.79. The first-order chi connectivity index (χ1) is 12.6. The summed E-state index contributed by atoms with van der Waals surface area (Å²) < 4.78 is 41.7. The number of rotatable bonds is 4. The SMILES string of the molecule is CCCCCC1CCc2c(ccc(C#Cc3cccc(F)c3F)c2F)C1. The number of hydrogen-bond acceptors (Lipinski definition) is 0. The summed E-state index contributed by atoms with van der Waals surface area (Å²) in [6, 6.07) is 7.42. The predicted molar refractivity (Wildman–Crippen MR) is 98.4 cm³/mol. The number of fused-ring (bicyclic) bond motifs is 1. The van der Waals surface area contributed by atoms with Crippen LogP contribution in [0.5, 0.6) is 0 Å². The third-order valence-corrected chi connectivity index (χ3v) is 5.15. The summed E-state index contributed by atoms with van der Waals surface area (Å²) in [5.74, 6) is 3.61. The van der Waals surface area contributed by atoms with E-state index in [1.165, 1.54) is 37.8 Å². The molecule has 0 nitrogen and oxygen atoms in total. The number of unbranched alkanes of at least 4 members (excludes halogenated alkanes) is 2. The van der Waals surface area contributed by atoms with Crippen LogP contribution in [-0.4, -0.2) is 0 Å². The molecule has 1 aliphatic rings. The second kappa shape index (κ2) is 8.45. The quantitative estimate of drug-likeness (QED) is 0.453. The van der Waals surface area contributed by atoms with E-state index in [0.717, 1.165) is 36.5 Å². The van der Waals surface area contributed by atoms with Crippen LogP contribution in [0.3, 0.4) is 0 Å². The van der Waals surface area contributed by atoms with Gasteiger partial charge in [0.25, 0.3) is 0 Å². The lowest BCUT2D eigenvalue weighted by Crippen LogP contribution is -2.16. The topological polar surface area (TPSA) is 0 Å². The van der Waals surface area contributed by atoms with Crippen LogP contribution in [0, 0.1) is 35.2 Å². The molecule has 1 atom stereocenters. The highest BCUT2D eigenvalue weighted by molar-refractivity contribution is 5.48. The maximum absolute atomic E-state index is 14.8. The van der Waals surface area contributed by atoms with Gasteiger partial charge in [0.2, 0.25) is 0 Å². The molecule has 0 radical (unpaired) electrons. The molecule has 1 aliphatic carbocycles. The van der Waals surface area contributed by atoms with E-state index < -0.39 is 11.6 Å². The normalized spacial score (nSPS) is 15.9. The van der Waals surface area contributed by atoms with Gasteiger partial charge < -0.3 is 0 Å². The summed E-state index contributed by atoms with van der Waals surface area (Å²) in [6.07, 6.45) is 7.55. The molecule has 136 valence electrons. The van der Waals surface area contributed by atoms with E-state index in [0.29, 0.717) is 5.92 Å². The molecule has 2 aromatic carbocycles. The Morgan fingerprint density at radius 3 is 2.50 bits per heavy atom. The third-order valence-electron chi connectivity index (χ3n) is 5.15. The van der Waals surface area contributed by atoms with Crippen molar-refractivity contribution in [3.05, 3.63) is 70.0 Å². The van der Waals surface area contributed by atoms with Crippen molar-refractivity contribution < 1.29 is 13.2 Å². The van der Waals surface area contributed by atoms with E-state index in [1.807, 2.05) is 6.07 Å². The van der Waals surface area contributed by atoms with Crippen LogP contribution in [0.1, 0.15) is 61.3 Å². The molecule has 3 rings (SSSR count). The second-order valence-corrected chi connectivity index (χ2v) is 7.02. The van der Waals surface area contributed by atoms with Crippen molar-refractivity contribution in [3.8, 4) is 11.8 Å². The number of halogens is 3. The van der Waals surface area contributed by atoms with E-state index in [4.69, 9.17) is 0 Å². The molecule has 0 bridgehead atoms. The minimum atomic E-state index is -0.992. The van der Waals surface area contributed by atoms with Crippen LogP contribution < -0.4 is 0 Å². The molecule has 3 heteroatoms. The van der Waals surface area contributed by atoms with Crippen LogP contribution in [0.2, 0.25) is 0 Å². The summed E-state index contributed by atoms with van der Waals surface area (Å²) in [5.41, 5.74) is 2.00. The molecular formula is C23H23F3. The Hall–Kier alpha value is -2.21. The summed E-state index contributed by atoms with van der Waals surface area (Å²) in [7, 11) is 0. The fourth-order valence-electron chi connectivity index (χ4n) is 3.65. The highest BCUT2D eigenvalue weighted by Crippen LogP contribution is 2.31. The van der Waals surface area contributed by atoms with Gasteiger partial charge in [-0.15, -0.1) is 0 Å². The van der Waals surface area contributed by atoms with Gasteiger partial charge in [-0.05, 0) is 54.5 Å². The molecule has 0 saturated carbocycles. The van der Waals surface area contributed by atoms with E-state index in [9.17, 15) is 13.2 Å². The van der Waals surface area contributed by atoms with Crippen molar-refractivity contribution >= 4 is 0 Å². The summed E-state index contributed by atoms with van der Waals surface area (Å²) in [4.78, 5) is 0. The van der Waals surface area contributed by atoms with Gasteiger partial charge in [-0.1, -0.05) is 56.6 Å². The molecular weight excluding hydrogens is 333 g/mol. The Kier molecular flexibility index (Phi) is 6.04. The average molecular weight is 356 g/mol. The van der Waals surface area contributed by atoms with Crippen molar-refractivity contribution in [1.29, 1.82) is 0 Å². The zero-order chi connectivity index (χ0) is 18.5. The molecule has 0 fully saturated rings. The monoisotopic (exact) mass is 356 g/mol. The molecule has 26 heavy (non-hydrogen) atoms. The van der Waals surface area contributed by atoms with Gasteiger partial charge in [0.1, 0.15) is 5.82 Å². The van der Waals surface area contributed by atoms with Gasteiger partial charge in [-0.25, -0.2) is 13.2 Å². The summed E-state index contributed by atoms with van der Waals surface area (Å²) >= 11 is 0. The van der Waals surface area contributed by atoms with Gasteiger partial charge in [0.15, 0.2) is 11.6 Å². The molecule has 0 N–H and O–H groups in total. The van der Waals surface area contributed by atoms with Gasteiger partial charge >= 0.3 is 0 Å². The zero-order valence-electron chi connectivity index (χ0n) is 15.0. The molecule has 0 amide bonds. The smallest absolute Gasteiger partial charge is 0.174 e. The molecule has 2 aromatic rings. The first kappa shape index (κ1) is 18.6. The molecule has 0 saturated heterocycles. The van der Waals surface area contributed by atoms with Crippen molar-refractivity contribution in [2.75, 3.05) is 0 Å². The molecule has 0 heterocycles. The van der Waals surface area contributed by atoms with Crippen LogP contribution in [0.4, 0.5) is 13.2 Å². The number of benzene rings is 2. The fraction of sp³-hybridized carbons (Fsp3) is 0.391. The summed E-state index contributed by atoms with van der Waals surface area (Å²) in [5, 5.41) is 0. The van der Waals surface area contributed by atoms with Crippen LogP contribution in [-0.2, 0) is 12.8 Å². The van der Waals surface area contributed by atoms with Crippen LogP contribution in [0.15, 0.2) is 30.3 Å². The fourth-order valence-corrected chi connectivity index (χ4v) is 3.65. The Morgan fingerprint density at radius 2 is 1.73 bits per heavy atom. The Bertz CT molecular complexity index is 843. The highest BCUT2D eigenvalue weighted by Gasteiger charge is 2.22. The minimum Gasteiger partial charge on any atom is -0.205 e. The lowest BCUT2D eigenvalue weighted by molar-refractivity contribution is 0.401. The van der Waals surface area contributed by atoms with Gasteiger partial charge in [-0.3, -0.25) is 0 Å². The summed E-state index contributed by atoms with van der Waals surface area (Å²) in [6.45, 7) is 2.20. The third kappa shape index (κ3) is 4.12. The number of hydrogen-bond donors (Lipinski definition) is 0. The second-order valence-electron chi connectivity index (χ2n) is 7.02. The van der Waals surface area contributed by atoms with Crippen molar-refractivity contribution in [3.63, 3.8) is 0 Å². The lowest BCUT2D eigenvalue weighted by Gasteiger charge is -2.25. The minimum absolute atomic E-state index is 0.0573. The van der Waals surface area contributed by atoms with Gasteiger partial charge in [0.05, 0.1) is 11.1 Å². The van der Waals surface area contributed by atoms with Crippen LogP contribution >= 0.6 is 0 Å². The van der Waals surface area contributed by atoms with Crippen molar-refractivity contribution in [1.82, 2.24) is 0 Å². The van der Waals surface area contributed by atoms with E-state index in [2.05, 4.69) is 18.8 Å². The van der Waals surface area contributed by atoms with Gasteiger partial charge in [0, 0.05) is 0 Å². The van der Waals surface area contributed by atoms with Crippen molar-refractivity contribution in [2.45, 2.75) is 51.9 Å². The Labute approximate surface area is 153 Å². The maximum Gasteiger partial charge on any atom is 0.174 e. The first-order valence-corrected chi connectivity index (χ1v) is 9.36. The van der Waals surface area contributed by atoms with Crippen molar-refractivity contribution in [2.24, 2.45) is 5.92 Å². The maximum atomic E-state index is 14.8. The molecule has 0 spiro atoms. The first-order valence-electron chi connectivity index (χ1n) is 9.36. The Morgan fingerprint density at radius 1 is 0.962 bits per heavy atom. The van der Waals surface area contributed by atoms with E-state index >= 15 is 0 Å². The van der Waals surface area contributed by atoms with Crippen LogP contribution in [0.25, 0.3) is 0 Å². The van der Waals surface area contributed by atoms with E-state index in [1.54, 1.807) is 6.07 Å². The largest absolute Gasteiger partial charge is 0.205 e. The molecule has 0 aliphatic heterocycles. The lowest BCUT2D eigenvalue weighted by atomic mass is 9.80. The standard InChI is InChI=1S/C23H23F3/c1-2-3-4-6-16-9-14-20-19(15-16)13-12-18(22(20)25)11-10-17-7-5-8-21(24)23(17)26/h5,7-8,12-13,16H,2-4,6,9,14-15H2,1H3. The predicted octanol–water partition coefficient (Wildman–Crippen LogP) is 6.19. The highest BCUT2D eigenvalue weighted by atomic mass is 19.2. The van der Waals surface area contributed by atoms with E-state index in [-0.39, 0.29) is 16.9 Å². The molecule has 1 unspecified atom stereocenters. The zero-order valence-corrected chi connectivity index (χ0v) is 15.0. The van der Waals surface area contributed by atoms with Gasteiger partial charge in [-0.2, -0.15) is 0 Å². The molecule has 0 aromatic heterocycles.